The smallest absolute Gasteiger partial charge is 0.120 e. The van der Waals surface area contributed by atoms with Crippen molar-refractivity contribution in [3.63, 3.8) is 0 Å². The molecule has 0 aliphatic carbocycles. The molecule has 14 heavy (non-hydrogen) atoms. The molecule has 0 saturated carbocycles. The summed E-state index contributed by atoms with van der Waals surface area (Å²) in [4.78, 5) is 0. The van der Waals surface area contributed by atoms with Crippen molar-refractivity contribution >= 4 is 15.9 Å². The Morgan fingerprint density at radius 2 is 2.14 bits per heavy atom. The van der Waals surface area contributed by atoms with Gasteiger partial charge in [-0.05, 0) is 49.6 Å². The second-order valence-electron chi connectivity index (χ2n) is 3.29. The molecule has 0 unspecified atom stereocenters. The molecule has 0 aliphatic rings. The zero-order chi connectivity index (χ0) is 10.6. The molecular weight excluding hydrogens is 242 g/mol. The minimum absolute atomic E-state index is 0.730. The molecule has 2 N–H and O–H groups in total. The highest BCUT2D eigenvalue weighted by atomic mass is 79.9. The van der Waals surface area contributed by atoms with E-state index in [9.17, 15) is 0 Å². The van der Waals surface area contributed by atoms with Gasteiger partial charge in [0.15, 0.2) is 0 Å². The summed E-state index contributed by atoms with van der Waals surface area (Å²) < 4.78 is 6.31. The summed E-state index contributed by atoms with van der Waals surface area (Å²) in [6.45, 7) is 2.84. The normalized spacial score (nSPS) is 10.3. The molecule has 0 amide bonds. The van der Waals surface area contributed by atoms with Crippen molar-refractivity contribution in [3.8, 4) is 5.75 Å². The molecule has 1 aromatic carbocycles. The molecule has 2 nitrogen and oxygen atoms in total. The van der Waals surface area contributed by atoms with E-state index in [1.807, 2.05) is 6.07 Å². The first-order valence-corrected chi connectivity index (χ1v) is 5.51. The third-order valence-electron chi connectivity index (χ3n) is 2.31. The molecule has 0 radical (unpaired) electrons. The SMILES string of the molecule is COc1cc(Br)c(C)c(CCCN)c1. The second kappa shape index (κ2) is 5.37. The van der Waals surface area contributed by atoms with Gasteiger partial charge in [0.2, 0.25) is 0 Å². The Labute approximate surface area is 93.6 Å². The van der Waals surface area contributed by atoms with Crippen LogP contribution in [0, 0.1) is 6.92 Å². The molecule has 1 rings (SSSR count). The largest absolute Gasteiger partial charge is 0.497 e. The predicted octanol–water partition coefficient (Wildman–Crippen LogP) is 2.66. The summed E-state index contributed by atoms with van der Waals surface area (Å²) in [5.74, 6) is 0.898. The molecule has 0 aliphatic heterocycles. The van der Waals surface area contributed by atoms with Crippen LogP contribution in [0.4, 0.5) is 0 Å². The summed E-state index contributed by atoms with van der Waals surface area (Å²) in [6, 6.07) is 4.07. The molecule has 3 heteroatoms. The molecule has 1 aromatic rings. The summed E-state index contributed by atoms with van der Waals surface area (Å²) in [5.41, 5.74) is 8.08. The van der Waals surface area contributed by atoms with Gasteiger partial charge in [0.25, 0.3) is 0 Å². The van der Waals surface area contributed by atoms with Crippen molar-refractivity contribution in [1.82, 2.24) is 0 Å². The summed E-state index contributed by atoms with van der Waals surface area (Å²) in [5, 5.41) is 0. The van der Waals surface area contributed by atoms with Gasteiger partial charge in [-0.25, -0.2) is 0 Å². The third kappa shape index (κ3) is 2.72. The van der Waals surface area contributed by atoms with Crippen molar-refractivity contribution < 1.29 is 4.74 Å². The van der Waals surface area contributed by atoms with Crippen LogP contribution in [0.2, 0.25) is 0 Å². The van der Waals surface area contributed by atoms with Gasteiger partial charge in [0.05, 0.1) is 7.11 Å². The summed E-state index contributed by atoms with van der Waals surface area (Å²) in [7, 11) is 1.68. The first kappa shape index (κ1) is 11.5. The van der Waals surface area contributed by atoms with Crippen molar-refractivity contribution in [3.05, 3.63) is 27.7 Å². The Kier molecular flexibility index (Phi) is 4.42. The minimum atomic E-state index is 0.730. The summed E-state index contributed by atoms with van der Waals surface area (Å²) >= 11 is 3.52. The second-order valence-corrected chi connectivity index (χ2v) is 4.14. The number of methoxy groups -OCH3 is 1. The van der Waals surface area contributed by atoms with Crippen LogP contribution in [0.25, 0.3) is 0 Å². The highest BCUT2D eigenvalue weighted by Crippen LogP contribution is 2.27. The maximum Gasteiger partial charge on any atom is 0.120 e. The van der Waals surface area contributed by atoms with Gasteiger partial charge in [-0.2, -0.15) is 0 Å². The standard InChI is InChI=1S/C11H16BrNO/c1-8-9(4-3-5-13)6-10(14-2)7-11(8)12/h6-7H,3-5,13H2,1-2H3. The zero-order valence-electron chi connectivity index (χ0n) is 8.64. The number of halogens is 1. The van der Waals surface area contributed by atoms with Crippen molar-refractivity contribution in [2.24, 2.45) is 5.73 Å². The fourth-order valence-electron chi connectivity index (χ4n) is 1.38. The van der Waals surface area contributed by atoms with E-state index in [0.29, 0.717) is 0 Å². The molecule has 0 fully saturated rings. The third-order valence-corrected chi connectivity index (χ3v) is 3.13. The topological polar surface area (TPSA) is 35.2 Å². The van der Waals surface area contributed by atoms with Gasteiger partial charge in [0.1, 0.15) is 5.75 Å². The molecule has 0 atom stereocenters. The van der Waals surface area contributed by atoms with Crippen LogP contribution in [-0.4, -0.2) is 13.7 Å². The van der Waals surface area contributed by atoms with Crippen LogP contribution in [0.15, 0.2) is 16.6 Å². The number of aryl methyl sites for hydroxylation is 1. The molecule has 0 heterocycles. The Balaban J connectivity index is 2.95. The van der Waals surface area contributed by atoms with E-state index in [1.54, 1.807) is 7.11 Å². The lowest BCUT2D eigenvalue weighted by Gasteiger charge is -2.10. The number of ether oxygens (including phenoxy) is 1. The van der Waals surface area contributed by atoms with Gasteiger partial charge >= 0.3 is 0 Å². The van der Waals surface area contributed by atoms with Crippen LogP contribution < -0.4 is 10.5 Å². The number of hydrogen-bond acceptors (Lipinski definition) is 2. The fourth-order valence-corrected chi connectivity index (χ4v) is 1.86. The van der Waals surface area contributed by atoms with Gasteiger partial charge in [-0.1, -0.05) is 15.9 Å². The van der Waals surface area contributed by atoms with Gasteiger partial charge in [-0.3, -0.25) is 0 Å². The highest BCUT2D eigenvalue weighted by molar-refractivity contribution is 9.10. The number of rotatable bonds is 4. The van der Waals surface area contributed by atoms with E-state index >= 15 is 0 Å². The van der Waals surface area contributed by atoms with E-state index < -0.39 is 0 Å². The number of hydrogen-bond donors (Lipinski definition) is 1. The maximum atomic E-state index is 5.49. The Hall–Kier alpha value is -0.540. The average Bonchev–Trinajstić information content (AvgIpc) is 2.20. The Bertz CT molecular complexity index is 312. The monoisotopic (exact) mass is 257 g/mol. The predicted molar refractivity (Wildman–Crippen MR) is 62.8 cm³/mol. The summed E-state index contributed by atoms with van der Waals surface area (Å²) in [6.07, 6.45) is 2.03. The first-order chi connectivity index (χ1) is 6.69. The van der Waals surface area contributed by atoms with Crippen LogP contribution >= 0.6 is 15.9 Å². The quantitative estimate of drug-likeness (QED) is 0.901. The number of benzene rings is 1. The number of nitrogens with two attached hydrogens (primary N) is 1. The fraction of sp³-hybridized carbons (Fsp3) is 0.455. The molecule has 0 bridgehead atoms. The molecule has 0 spiro atoms. The van der Waals surface area contributed by atoms with Gasteiger partial charge < -0.3 is 10.5 Å². The van der Waals surface area contributed by atoms with Crippen LogP contribution in [0.3, 0.4) is 0 Å². The lowest BCUT2D eigenvalue weighted by molar-refractivity contribution is 0.413. The zero-order valence-corrected chi connectivity index (χ0v) is 10.2. The van der Waals surface area contributed by atoms with Crippen molar-refractivity contribution in [2.75, 3.05) is 13.7 Å². The van der Waals surface area contributed by atoms with E-state index in [4.69, 9.17) is 10.5 Å². The van der Waals surface area contributed by atoms with E-state index in [2.05, 4.69) is 28.9 Å². The van der Waals surface area contributed by atoms with Crippen molar-refractivity contribution in [2.45, 2.75) is 19.8 Å². The van der Waals surface area contributed by atoms with Crippen molar-refractivity contribution in [1.29, 1.82) is 0 Å². The van der Waals surface area contributed by atoms with Gasteiger partial charge in [-0.15, -0.1) is 0 Å². The van der Waals surface area contributed by atoms with E-state index in [1.165, 1.54) is 11.1 Å². The minimum Gasteiger partial charge on any atom is -0.497 e. The van der Waals surface area contributed by atoms with Crippen LogP contribution in [0.1, 0.15) is 17.5 Å². The molecular formula is C11H16BrNO. The molecule has 0 saturated heterocycles. The molecule has 0 aromatic heterocycles. The maximum absolute atomic E-state index is 5.49. The Morgan fingerprint density at radius 3 is 2.71 bits per heavy atom. The van der Waals surface area contributed by atoms with E-state index in [0.717, 1.165) is 29.6 Å². The van der Waals surface area contributed by atoms with Gasteiger partial charge in [0, 0.05) is 4.47 Å². The van der Waals surface area contributed by atoms with Crippen LogP contribution in [0.5, 0.6) is 5.75 Å². The van der Waals surface area contributed by atoms with E-state index in [-0.39, 0.29) is 0 Å². The lowest BCUT2D eigenvalue weighted by atomic mass is 10.0. The lowest BCUT2D eigenvalue weighted by Crippen LogP contribution is -2.02. The average molecular weight is 258 g/mol. The molecule has 78 valence electrons. The van der Waals surface area contributed by atoms with Crippen LogP contribution in [-0.2, 0) is 6.42 Å². The highest BCUT2D eigenvalue weighted by Gasteiger charge is 2.05. The Morgan fingerprint density at radius 1 is 1.43 bits per heavy atom. The first-order valence-electron chi connectivity index (χ1n) is 4.72.